The second-order valence-corrected chi connectivity index (χ2v) is 4.49. The van der Waals surface area contributed by atoms with Crippen molar-refractivity contribution in [1.29, 1.82) is 0 Å². The van der Waals surface area contributed by atoms with E-state index in [4.69, 9.17) is 4.42 Å². The molecule has 0 fully saturated rings. The van der Waals surface area contributed by atoms with Crippen LogP contribution in [-0.4, -0.2) is 7.05 Å². The van der Waals surface area contributed by atoms with Crippen LogP contribution >= 0.6 is 0 Å². The molecule has 0 radical (unpaired) electrons. The van der Waals surface area contributed by atoms with Gasteiger partial charge >= 0.3 is 0 Å². The molecule has 1 unspecified atom stereocenters. The molecular weight excluding hydrogens is 198 g/mol. The van der Waals surface area contributed by atoms with Gasteiger partial charge in [-0.05, 0) is 51.4 Å². The van der Waals surface area contributed by atoms with Gasteiger partial charge in [-0.15, -0.1) is 0 Å². The van der Waals surface area contributed by atoms with E-state index in [1.165, 1.54) is 22.1 Å². The molecule has 2 heteroatoms. The number of nitrogens with one attached hydrogen (secondary N) is 1. The third-order valence-electron chi connectivity index (χ3n) is 3.49. The third kappa shape index (κ3) is 1.54. The lowest BCUT2D eigenvalue weighted by atomic mass is 10.0. The Labute approximate surface area is 96.6 Å². The highest BCUT2D eigenvalue weighted by atomic mass is 16.3. The number of rotatable bonds is 2. The Kier molecular flexibility index (Phi) is 2.76. The second-order valence-electron chi connectivity index (χ2n) is 4.49. The van der Waals surface area contributed by atoms with Crippen molar-refractivity contribution in [2.75, 3.05) is 7.05 Å². The molecule has 1 heterocycles. The van der Waals surface area contributed by atoms with E-state index in [0.29, 0.717) is 0 Å². The summed E-state index contributed by atoms with van der Waals surface area (Å²) in [5, 5.41) is 4.46. The number of aryl methyl sites for hydroxylation is 3. The van der Waals surface area contributed by atoms with Gasteiger partial charge in [-0.1, -0.05) is 12.1 Å². The molecule has 0 amide bonds. The van der Waals surface area contributed by atoms with Gasteiger partial charge in [-0.25, -0.2) is 0 Å². The van der Waals surface area contributed by atoms with Crippen molar-refractivity contribution in [1.82, 2.24) is 5.32 Å². The molecule has 86 valence electrons. The summed E-state index contributed by atoms with van der Waals surface area (Å²) in [6, 6.07) is 4.57. The first-order valence-corrected chi connectivity index (χ1v) is 5.72. The molecule has 1 atom stereocenters. The zero-order valence-corrected chi connectivity index (χ0v) is 10.6. The summed E-state index contributed by atoms with van der Waals surface area (Å²) in [5.74, 6) is 1.05. The molecule has 2 nitrogen and oxygen atoms in total. The summed E-state index contributed by atoms with van der Waals surface area (Å²) >= 11 is 0. The van der Waals surface area contributed by atoms with Crippen molar-refractivity contribution >= 4 is 11.0 Å². The summed E-state index contributed by atoms with van der Waals surface area (Å²) in [5.41, 5.74) is 4.81. The first-order valence-electron chi connectivity index (χ1n) is 5.72. The van der Waals surface area contributed by atoms with Crippen molar-refractivity contribution in [3.8, 4) is 0 Å². The Hall–Kier alpha value is -1.28. The van der Waals surface area contributed by atoms with Gasteiger partial charge in [0, 0.05) is 5.39 Å². The fraction of sp³-hybridized carbons (Fsp3) is 0.429. The maximum atomic E-state index is 6.00. The molecule has 0 aliphatic carbocycles. The van der Waals surface area contributed by atoms with Crippen LogP contribution in [0.25, 0.3) is 11.0 Å². The topological polar surface area (TPSA) is 25.2 Å². The molecule has 1 aromatic carbocycles. The molecule has 0 saturated carbocycles. The van der Waals surface area contributed by atoms with Gasteiger partial charge in [0.05, 0.1) is 6.04 Å². The molecule has 2 aromatic rings. The fourth-order valence-corrected chi connectivity index (χ4v) is 2.08. The van der Waals surface area contributed by atoms with E-state index in [2.05, 4.69) is 45.1 Å². The van der Waals surface area contributed by atoms with Crippen LogP contribution in [0, 0.1) is 20.8 Å². The van der Waals surface area contributed by atoms with Crippen LogP contribution in [0.4, 0.5) is 0 Å². The summed E-state index contributed by atoms with van der Waals surface area (Å²) in [4.78, 5) is 0. The van der Waals surface area contributed by atoms with Gasteiger partial charge in [0.1, 0.15) is 11.3 Å². The van der Waals surface area contributed by atoms with Crippen molar-refractivity contribution in [3.05, 3.63) is 34.6 Å². The fourth-order valence-electron chi connectivity index (χ4n) is 2.08. The summed E-state index contributed by atoms with van der Waals surface area (Å²) in [6.07, 6.45) is 0. The van der Waals surface area contributed by atoms with Gasteiger partial charge < -0.3 is 9.73 Å². The first-order chi connectivity index (χ1) is 7.56. The number of benzene rings is 1. The Morgan fingerprint density at radius 1 is 1.12 bits per heavy atom. The van der Waals surface area contributed by atoms with Crippen molar-refractivity contribution < 1.29 is 4.42 Å². The van der Waals surface area contributed by atoms with Crippen LogP contribution < -0.4 is 5.32 Å². The zero-order chi connectivity index (χ0) is 11.9. The van der Waals surface area contributed by atoms with Crippen LogP contribution in [0.15, 0.2) is 16.5 Å². The van der Waals surface area contributed by atoms with Crippen molar-refractivity contribution in [3.63, 3.8) is 0 Å². The Balaban J connectivity index is 2.72. The zero-order valence-electron chi connectivity index (χ0n) is 10.6. The highest BCUT2D eigenvalue weighted by molar-refractivity contribution is 5.85. The maximum absolute atomic E-state index is 6.00. The number of furan rings is 1. The normalized spacial score (nSPS) is 13.3. The molecule has 16 heavy (non-hydrogen) atoms. The van der Waals surface area contributed by atoms with Crippen LogP contribution in [0.3, 0.4) is 0 Å². The number of hydrogen-bond acceptors (Lipinski definition) is 2. The molecular formula is C14H19NO. The molecule has 1 aromatic heterocycles. The minimum Gasteiger partial charge on any atom is -0.459 e. The Bertz CT molecular complexity index is 525. The van der Waals surface area contributed by atoms with E-state index < -0.39 is 0 Å². The van der Waals surface area contributed by atoms with Gasteiger partial charge in [-0.3, -0.25) is 0 Å². The van der Waals surface area contributed by atoms with Gasteiger partial charge in [-0.2, -0.15) is 0 Å². The second kappa shape index (κ2) is 3.95. The predicted octanol–water partition coefficient (Wildman–Crippen LogP) is 3.64. The summed E-state index contributed by atoms with van der Waals surface area (Å²) < 4.78 is 6.00. The van der Waals surface area contributed by atoms with E-state index in [1.54, 1.807) is 0 Å². The van der Waals surface area contributed by atoms with E-state index in [1.807, 2.05) is 7.05 Å². The minimum atomic E-state index is 0.257. The lowest BCUT2D eigenvalue weighted by molar-refractivity contribution is 0.470. The van der Waals surface area contributed by atoms with Gasteiger partial charge in [0.15, 0.2) is 0 Å². The van der Waals surface area contributed by atoms with Crippen LogP contribution in [0.5, 0.6) is 0 Å². The SMILES string of the molecule is CNC(C)c1oc2c(C)c(C)ccc2c1C. The van der Waals surface area contributed by atoms with Crippen LogP contribution in [-0.2, 0) is 0 Å². The summed E-state index contributed by atoms with van der Waals surface area (Å²) in [6.45, 7) is 8.49. The standard InChI is InChI=1S/C14H19NO/c1-8-6-7-12-10(3)13(11(4)15-5)16-14(12)9(8)2/h6-7,11,15H,1-5H3. The molecule has 0 aliphatic rings. The smallest absolute Gasteiger partial charge is 0.137 e. The number of fused-ring (bicyclic) bond motifs is 1. The van der Waals surface area contributed by atoms with Gasteiger partial charge in [0.25, 0.3) is 0 Å². The monoisotopic (exact) mass is 217 g/mol. The van der Waals surface area contributed by atoms with Crippen molar-refractivity contribution in [2.24, 2.45) is 0 Å². The molecule has 0 saturated heterocycles. The quantitative estimate of drug-likeness (QED) is 0.830. The highest BCUT2D eigenvalue weighted by Crippen LogP contribution is 2.32. The lowest BCUT2D eigenvalue weighted by Gasteiger charge is -2.06. The molecule has 0 aliphatic heterocycles. The highest BCUT2D eigenvalue weighted by Gasteiger charge is 2.16. The van der Waals surface area contributed by atoms with Gasteiger partial charge in [0.2, 0.25) is 0 Å². The molecule has 1 N–H and O–H groups in total. The van der Waals surface area contributed by atoms with Crippen LogP contribution in [0.2, 0.25) is 0 Å². The molecule has 2 rings (SSSR count). The number of hydrogen-bond donors (Lipinski definition) is 1. The minimum absolute atomic E-state index is 0.257. The average Bonchev–Trinajstić information content (AvgIpc) is 2.61. The third-order valence-corrected chi connectivity index (χ3v) is 3.49. The molecule has 0 bridgehead atoms. The maximum Gasteiger partial charge on any atom is 0.137 e. The predicted molar refractivity (Wildman–Crippen MR) is 67.9 cm³/mol. The Morgan fingerprint density at radius 3 is 2.44 bits per heavy atom. The van der Waals surface area contributed by atoms with Crippen LogP contribution in [0.1, 0.15) is 35.4 Å². The molecule has 0 spiro atoms. The van der Waals surface area contributed by atoms with E-state index in [9.17, 15) is 0 Å². The first kappa shape index (κ1) is 11.2. The van der Waals surface area contributed by atoms with E-state index in [0.717, 1.165) is 11.3 Å². The van der Waals surface area contributed by atoms with Crippen molar-refractivity contribution in [2.45, 2.75) is 33.7 Å². The lowest BCUT2D eigenvalue weighted by Crippen LogP contribution is -2.12. The van der Waals surface area contributed by atoms with E-state index >= 15 is 0 Å². The Morgan fingerprint density at radius 2 is 1.81 bits per heavy atom. The average molecular weight is 217 g/mol. The van der Waals surface area contributed by atoms with E-state index in [-0.39, 0.29) is 6.04 Å². The largest absolute Gasteiger partial charge is 0.459 e. The summed E-state index contributed by atoms with van der Waals surface area (Å²) in [7, 11) is 1.95.